The lowest BCUT2D eigenvalue weighted by atomic mass is 9.89. The van der Waals surface area contributed by atoms with E-state index in [0.29, 0.717) is 11.7 Å². The van der Waals surface area contributed by atoms with Crippen LogP contribution < -0.4 is 0 Å². The molecule has 1 aromatic heterocycles. The van der Waals surface area contributed by atoms with E-state index in [0.717, 1.165) is 33.9 Å². The van der Waals surface area contributed by atoms with Crippen LogP contribution in [0.15, 0.2) is 46.9 Å². The molecule has 1 fully saturated rings. The Bertz CT molecular complexity index is 828. The molecule has 1 aliphatic rings. The minimum atomic E-state index is 0.195. The normalized spacial score (nSPS) is 22.1. The van der Waals surface area contributed by atoms with Gasteiger partial charge in [0.05, 0.1) is 0 Å². The van der Waals surface area contributed by atoms with Crippen LogP contribution in [0.25, 0.3) is 21.9 Å². The van der Waals surface area contributed by atoms with Crippen LogP contribution in [0.2, 0.25) is 0 Å². The second-order valence-electron chi connectivity index (χ2n) is 6.19. The molecule has 4 rings (SSSR count). The maximum atomic E-state index is 12.7. The first kappa shape index (κ1) is 12.6. The summed E-state index contributed by atoms with van der Waals surface area (Å²) < 4.78 is 5.82. The average molecular weight is 278 g/mol. The quantitative estimate of drug-likeness (QED) is 0.603. The highest BCUT2D eigenvalue weighted by Crippen LogP contribution is 2.35. The molecule has 0 saturated heterocycles. The van der Waals surface area contributed by atoms with Crippen LogP contribution in [0.1, 0.15) is 36.5 Å². The molecule has 2 aromatic carbocycles. The minimum absolute atomic E-state index is 0.195. The maximum absolute atomic E-state index is 12.7. The molecule has 1 aliphatic carbocycles. The summed E-state index contributed by atoms with van der Waals surface area (Å²) in [6.45, 7) is 2.20. The molecule has 0 radical (unpaired) electrons. The zero-order valence-corrected chi connectivity index (χ0v) is 12.1. The van der Waals surface area contributed by atoms with Gasteiger partial charge in [0.15, 0.2) is 5.78 Å². The van der Waals surface area contributed by atoms with Crippen molar-refractivity contribution in [2.24, 2.45) is 11.8 Å². The SMILES string of the molecule is CC1CCCC1C(=O)c1ccc2oc3ccccc3c2c1. The third kappa shape index (κ3) is 1.98. The first-order valence-electron chi connectivity index (χ1n) is 7.69. The predicted molar refractivity (Wildman–Crippen MR) is 84.6 cm³/mol. The van der Waals surface area contributed by atoms with Crippen LogP contribution in [-0.4, -0.2) is 5.78 Å². The number of rotatable bonds is 2. The van der Waals surface area contributed by atoms with Gasteiger partial charge in [0.2, 0.25) is 0 Å². The zero-order valence-electron chi connectivity index (χ0n) is 12.1. The summed E-state index contributed by atoms with van der Waals surface area (Å²) in [6, 6.07) is 13.8. The van der Waals surface area contributed by atoms with E-state index in [1.54, 1.807) is 0 Å². The van der Waals surface area contributed by atoms with Crippen LogP contribution in [0.4, 0.5) is 0 Å². The van der Waals surface area contributed by atoms with Crippen molar-refractivity contribution in [3.05, 3.63) is 48.0 Å². The number of hydrogen-bond donors (Lipinski definition) is 0. The van der Waals surface area contributed by atoms with Crippen molar-refractivity contribution in [2.45, 2.75) is 26.2 Å². The minimum Gasteiger partial charge on any atom is -0.456 e. The Morgan fingerprint density at radius 1 is 1.05 bits per heavy atom. The molecule has 2 unspecified atom stereocenters. The lowest BCUT2D eigenvalue weighted by Crippen LogP contribution is -2.16. The molecule has 1 saturated carbocycles. The number of fused-ring (bicyclic) bond motifs is 3. The van der Waals surface area contributed by atoms with E-state index in [9.17, 15) is 4.79 Å². The second kappa shape index (κ2) is 4.73. The van der Waals surface area contributed by atoms with E-state index >= 15 is 0 Å². The van der Waals surface area contributed by atoms with E-state index in [1.165, 1.54) is 12.8 Å². The fraction of sp³-hybridized carbons (Fsp3) is 0.316. The number of carbonyl (C=O) groups excluding carboxylic acids is 1. The molecule has 0 aliphatic heterocycles. The van der Waals surface area contributed by atoms with E-state index in [4.69, 9.17) is 4.42 Å². The van der Waals surface area contributed by atoms with E-state index in [-0.39, 0.29) is 5.92 Å². The number of benzene rings is 2. The van der Waals surface area contributed by atoms with Crippen LogP contribution in [0, 0.1) is 11.8 Å². The summed E-state index contributed by atoms with van der Waals surface area (Å²) in [5, 5.41) is 2.13. The van der Waals surface area contributed by atoms with Crippen molar-refractivity contribution in [3.8, 4) is 0 Å². The van der Waals surface area contributed by atoms with Crippen molar-refractivity contribution in [1.29, 1.82) is 0 Å². The summed E-state index contributed by atoms with van der Waals surface area (Å²) in [6.07, 6.45) is 3.38. The standard InChI is InChI=1S/C19H18O2/c1-12-5-4-7-14(12)19(20)13-9-10-18-16(11-13)15-6-2-3-8-17(15)21-18/h2-3,6,8-12,14H,4-5,7H2,1H3. The summed E-state index contributed by atoms with van der Waals surface area (Å²) in [7, 11) is 0. The van der Waals surface area contributed by atoms with Crippen molar-refractivity contribution >= 4 is 27.7 Å². The molecule has 0 amide bonds. The van der Waals surface area contributed by atoms with Crippen LogP contribution in [0.3, 0.4) is 0 Å². The molecule has 1 heterocycles. The van der Waals surface area contributed by atoms with Crippen molar-refractivity contribution in [3.63, 3.8) is 0 Å². The van der Waals surface area contributed by atoms with Gasteiger partial charge in [-0.05, 0) is 43.0 Å². The number of para-hydroxylation sites is 1. The number of furan rings is 1. The summed E-state index contributed by atoms with van der Waals surface area (Å²) >= 11 is 0. The molecule has 0 bridgehead atoms. The number of hydrogen-bond acceptors (Lipinski definition) is 2. The van der Waals surface area contributed by atoms with Gasteiger partial charge in [-0.1, -0.05) is 31.5 Å². The second-order valence-corrected chi connectivity index (χ2v) is 6.19. The monoisotopic (exact) mass is 278 g/mol. The van der Waals surface area contributed by atoms with Crippen LogP contribution >= 0.6 is 0 Å². The maximum Gasteiger partial charge on any atom is 0.166 e. The first-order chi connectivity index (χ1) is 10.2. The molecule has 21 heavy (non-hydrogen) atoms. The lowest BCUT2D eigenvalue weighted by Gasteiger charge is -2.13. The molecular weight excluding hydrogens is 260 g/mol. The van der Waals surface area contributed by atoms with Gasteiger partial charge in [-0.2, -0.15) is 0 Å². The van der Waals surface area contributed by atoms with Gasteiger partial charge in [-0.15, -0.1) is 0 Å². The van der Waals surface area contributed by atoms with E-state index in [2.05, 4.69) is 6.92 Å². The predicted octanol–water partition coefficient (Wildman–Crippen LogP) is 5.20. The molecule has 106 valence electrons. The largest absolute Gasteiger partial charge is 0.456 e. The van der Waals surface area contributed by atoms with Gasteiger partial charge in [-0.3, -0.25) is 4.79 Å². The van der Waals surface area contributed by atoms with E-state index in [1.807, 2.05) is 42.5 Å². The van der Waals surface area contributed by atoms with Crippen LogP contribution in [0.5, 0.6) is 0 Å². The van der Waals surface area contributed by atoms with Gasteiger partial charge >= 0.3 is 0 Å². The molecule has 0 N–H and O–H groups in total. The molecule has 2 heteroatoms. The third-order valence-electron chi connectivity index (χ3n) is 4.86. The first-order valence-corrected chi connectivity index (χ1v) is 7.69. The Hall–Kier alpha value is -2.09. The van der Waals surface area contributed by atoms with Crippen molar-refractivity contribution in [2.75, 3.05) is 0 Å². The van der Waals surface area contributed by atoms with Crippen LogP contribution in [-0.2, 0) is 0 Å². The third-order valence-corrected chi connectivity index (χ3v) is 4.86. The van der Waals surface area contributed by atoms with Gasteiger partial charge in [0, 0.05) is 22.3 Å². The Labute approximate surface area is 123 Å². The fourth-order valence-electron chi connectivity index (χ4n) is 3.63. The van der Waals surface area contributed by atoms with Crippen molar-refractivity contribution in [1.82, 2.24) is 0 Å². The topological polar surface area (TPSA) is 30.2 Å². The summed E-state index contributed by atoms with van der Waals surface area (Å²) in [5.74, 6) is 1.00. The number of carbonyl (C=O) groups is 1. The molecule has 3 aromatic rings. The molecular formula is C19H18O2. The highest BCUT2D eigenvalue weighted by molar-refractivity contribution is 6.08. The zero-order chi connectivity index (χ0) is 14.4. The van der Waals surface area contributed by atoms with Crippen molar-refractivity contribution < 1.29 is 9.21 Å². The molecule has 2 atom stereocenters. The molecule has 2 nitrogen and oxygen atoms in total. The number of ketones is 1. The van der Waals surface area contributed by atoms with Gasteiger partial charge < -0.3 is 4.42 Å². The summed E-state index contributed by atoms with van der Waals surface area (Å²) in [5.41, 5.74) is 2.56. The van der Waals surface area contributed by atoms with Gasteiger partial charge in [-0.25, -0.2) is 0 Å². The Morgan fingerprint density at radius 3 is 2.67 bits per heavy atom. The number of Topliss-reactive ketones (excluding diaryl/α,β-unsaturated/α-hetero) is 1. The average Bonchev–Trinajstić information content (AvgIpc) is 3.09. The lowest BCUT2D eigenvalue weighted by molar-refractivity contribution is 0.0897. The summed E-state index contributed by atoms with van der Waals surface area (Å²) in [4.78, 5) is 12.7. The van der Waals surface area contributed by atoms with E-state index < -0.39 is 0 Å². The fourth-order valence-corrected chi connectivity index (χ4v) is 3.63. The Morgan fingerprint density at radius 2 is 1.86 bits per heavy atom. The molecule has 0 spiro atoms. The van der Waals surface area contributed by atoms with Gasteiger partial charge in [0.25, 0.3) is 0 Å². The smallest absolute Gasteiger partial charge is 0.166 e. The highest BCUT2D eigenvalue weighted by Gasteiger charge is 2.30. The Balaban J connectivity index is 1.82. The highest BCUT2D eigenvalue weighted by atomic mass is 16.3. The Kier molecular flexibility index (Phi) is 2.85. The van der Waals surface area contributed by atoms with Gasteiger partial charge in [0.1, 0.15) is 11.2 Å².